The summed E-state index contributed by atoms with van der Waals surface area (Å²) in [4.78, 5) is 12.0. The van der Waals surface area contributed by atoms with Gasteiger partial charge in [0.2, 0.25) is 5.91 Å². The van der Waals surface area contributed by atoms with Crippen molar-refractivity contribution < 1.29 is 9.90 Å². The van der Waals surface area contributed by atoms with Crippen molar-refractivity contribution in [3.8, 4) is 5.75 Å². The highest BCUT2D eigenvalue weighted by Gasteiger charge is 2.08. The number of hydrogen-bond acceptors (Lipinski definition) is 3. The van der Waals surface area contributed by atoms with Crippen LogP contribution in [0.1, 0.15) is 30.9 Å². The first-order valence-corrected chi connectivity index (χ1v) is 9.00. The van der Waals surface area contributed by atoms with E-state index in [4.69, 9.17) is 35.4 Å². The molecule has 1 amide bonds. The Balaban J connectivity index is 1.93. The fourth-order valence-electron chi connectivity index (χ4n) is 2.12. The number of carbonyl (C=O) groups is 1. The molecule has 2 rings (SSSR count). The first-order valence-electron chi connectivity index (χ1n) is 7.84. The molecule has 0 aromatic heterocycles. The van der Waals surface area contributed by atoms with Crippen molar-refractivity contribution in [2.24, 2.45) is 0 Å². The minimum Gasteiger partial charge on any atom is -0.505 e. The van der Waals surface area contributed by atoms with Crippen LogP contribution >= 0.6 is 35.4 Å². The molecule has 0 unspecified atom stereocenters. The molecule has 2 aromatic rings. The first-order chi connectivity index (χ1) is 12.3. The molecule has 0 atom stereocenters. The number of rotatable bonds is 4. The normalized spacial score (nSPS) is 11.0. The molecule has 0 aliphatic rings. The van der Waals surface area contributed by atoms with Gasteiger partial charge >= 0.3 is 0 Å². The maximum Gasteiger partial charge on any atom is 0.250 e. The average Bonchev–Trinajstić information content (AvgIpc) is 2.58. The minimum absolute atomic E-state index is 0.0823. The van der Waals surface area contributed by atoms with Crippen LogP contribution in [0.3, 0.4) is 0 Å². The summed E-state index contributed by atoms with van der Waals surface area (Å²) >= 11 is 16.8. The van der Waals surface area contributed by atoms with Gasteiger partial charge in [-0.05, 0) is 47.5 Å². The third-order valence-electron chi connectivity index (χ3n) is 3.54. The van der Waals surface area contributed by atoms with Crippen molar-refractivity contribution in [3.05, 3.63) is 63.6 Å². The van der Waals surface area contributed by atoms with Crippen LogP contribution in [0.5, 0.6) is 5.75 Å². The number of aromatic hydroxyl groups is 1. The summed E-state index contributed by atoms with van der Waals surface area (Å²) in [6.07, 6.45) is 3.10. The van der Waals surface area contributed by atoms with Gasteiger partial charge in [0.05, 0.1) is 10.0 Å². The van der Waals surface area contributed by atoms with Crippen molar-refractivity contribution >= 4 is 58.2 Å². The number of phenols is 1. The molecule has 0 radical (unpaired) electrons. The Morgan fingerprint density at radius 2 is 1.73 bits per heavy atom. The van der Waals surface area contributed by atoms with Crippen molar-refractivity contribution in [3.63, 3.8) is 0 Å². The molecular formula is C19H18Cl2N2O2S. The number of amides is 1. The quantitative estimate of drug-likeness (QED) is 0.362. The van der Waals surface area contributed by atoms with E-state index in [9.17, 15) is 9.90 Å². The largest absolute Gasteiger partial charge is 0.505 e. The Labute approximate surface area is 167 Å². The average molecular weight is 409 g/mol. The van der Waals surface area contributed by atoms with Crippen LogP contribution in [0.4, 0.5) is 5.69 Å². The molecule has 0 saturated heterocycles. The Hall–Kier alpha value is -2.08. The number of hydrogen-bond donors (Lipinski definition) is 3. The van der Waals surface area contributed by atoms with E-state index < -0.39 is 0 Å². The van der Waals surface area contributed by atoms with Gasteiger partial charge in [0.1, 0.15) is 0 Å². The van der Waals surface area contributed by atoms with E-state index in [0.717, 1.165) is 5.56 Å². The maximum atomic E-state index is 12.0. The maximum absolute atomic E-state index is 12.0. The third kappa shape index (κ3) is 5.73. The first kappa shape index (κ1) is 20.2. The molecule has 0 aliphatic carbocycles. The lowest BCUT2D eigenvalue weighted by Gasteiger charge is -2.10. The van der Waals surface area contributed by atoms with Gasteiger partial charge in [0, 0.05) is 11.8 Å². The molecule has 7 heteroatoms. The van der Waals surface area contributed by atoms with Gasteiger partial charge in [-0.25, -0.2) is 0 Å². The highest BCUT2D eigenvalue weighted by molar-refractivity contribution is 7.80. The molecule has 2 aromatic carbocycles. The Kier molecular flexibility index (Phi) is 7.03. The lowest BCUT2D eigenvalue weighted by Crippen LogP contribution is -2.32. The predicted molar refractivity (Wildman–Crippen MR) is 112 cm³/mol. The molecule has 0 saturated carbocycles. The number of anilines is 1. The van der Waals surface area contributed by atoms with Gasteiger partial charge in [-0.1, -0.05) is 61.3 Å². The molecule has 0 aliphatic heterocycles. The van der Waals surface area contributed by atoms with Gasteiger partial charge in [0.25, 0.3) is 0 Å². The van der Waals surface area contributed by atoms with Gasteiger partial charge in [-0.3, -0.25) is 10.1 Å². The zero-order valence-electron chi connectivity index (χ0n) is 14.2. The van der Waals surface area contributed by atoms with Crippen LogP contribution in [-0.4, -0.2) is 16.1 Å². The van der Waals surface area contributed by atoms with Crippen molar-refractivity contribution in [2.75, 3.05) is 5.32 Å². The summed E-state index contributed by atoms with van der Waals surface area (Å²) in [5.41, 5.74) is 2.61. The standard InChI is InChI=1S/C19H18Cl2N2O2S/c1-11(2)13-6-3-12(4-7-13)5-8-17(24)23-19(26)22-14-9-15(20)18(25)16(21)10-14/h3-11,25H,1-2H3,(H2,22,23,24,26). The topological polar surface area (TPSA) is 61.4 Å². The van der Waals surface area contributed by atoms with E-state index >= 15 is 0 Å². The second-order valence-electron chi connectivity index (χ2n) is 5.89. The van der Waals surface area contributed by atoms with Crippen molar-refractivity contribution in [1.29, 1.82) is 0 Å². The second-order valence-corrected chi connectivity index (χ2v) is 7.11. The van der Waals surface area contributed by atoms with Crippen molar-refractivity contribution in [1.82, 2.24) is 5.32 Å². The van der Waals surface area contributed by atoms with Crippen LogP contribution in [0.15, 0.2) is 42.5 Å². The molecule has 136 valence electrons. The lowest BCUT2D eigenvalue weighted by atomic mass is 10.0. The summed E-state index contributed by atoms with van der Waals surface area (Å²) in [7, 11) is 0. The van der Waals surface area contributed by atoms with Gasteiger partial charge in [0.15, 0.2) is 10.9 Å². The van der Waals surface area contributed by atoms with E-state index in [1.54, 1.807) is 6.08 Å². The molecule has 0 heterocycles. The number of nitrogens with one attached hydrogen (secondary N) is 2. The third-order valence-corrected chi connectivity index (χ3v) is 4.32. The SMILES string of the molecule is CC(C)c1ccc(C=CC(=O)NC(=S)Nc2cc(Cl)c(O)c(Cl)c2)cc1. The van der Waals surface area contributed by atoms with E-state index in [2.05, 4.69) is 24.5 Å². The minimum atomic E-state index is -0.369. The summed E-state index contributed by atoms with van der Waals surface area (Å²) in [5.74, 6) is -0.117. The van der Waals surface area contributed by atoms with E-state index in [1.807, 2.05) is 24.3 Å². The molecule has 0 bridgehead atoms. The molecule has 4 nitrogen and oxygen atoms in total. The molecule has 0 spiro atoms. The zero-order valence-corrected chi connectivity index (χ0v) is 16.5. The number of benzene rings is 2. The van der Waals surface area contributed by atoms with E-state index in [-0.39, 0.29) is 26.8 Å². The summed E-state index contributed by atoms with van der Waals surface area (Å²) < 4.78 is 0. The Morgan fingerprint density at radius 3 is 2.27 bits per heavy atom. The monoisotopic (exact) mass is 408 g/mol. The summed E-state index contributed by atoms with van der Waals surface area (Å²) in [6, 6.07) is 10.9. The Morgan fingerprint density at radius 1 is 1.15 bits per heavy atom. The summed E-state index contributed by atoms with van der Waals surface area (Å²) in [6.45, 7) is 4.25. The second kappa shape index (κ2) is 9.03. The van der Waals surface area contributed by atoms with Gasteiger partial charge in [-0.15, -0.1) is 0 Å². The molecular weight excluding hydrogens is 391 g/mol. The van der Waals surface area contributed by atoms with Crippen molar-refractivity contribution in [2.45, 2.75) is 19.8 Å². The van der Waals surface area contributed by atoms with Gasteiger partial charge in [-0.2, -0.15) is 0 Å². The van der Waals surface area contributed by atoms with E-state index in [0.29, 0.717) is 11.6 Å². The predicted octanol–water partition coefficient (Wildman–Crippen LogP) is 5.35. The van der Waals surface area contributed by atoms with Crippen LogP contribution in [-0.2, 0) is 4.79 Å². The molecule has 3 N–H and O–H groups in total. The number of thiocarbonyl (C=S) groups is 1. The van der Waals surface area contributed by atoms with Gasteiger partial charge < -0.3 is 10.4 Å². The number of halogens is 2. The fraction of sp³-hybridized carbons (Fsp3) is 0.158. The fourth-order valence-corrected chi connectivity index (χ4v) is 2.82. The molecule has 0 fully saturated rings. The van der Waals surface area contributed by atoms with Crippen LogP contribution in [0.25, 0.3) is 6.08 Å². The van der Waals surface area contributed by atoms with E-state index in [1.165, 1.54) is 23.8 Å². The number of phenolic OH excluding ortho intramolecular Hbond substituents is 1. The zero-order chi connectivity index (χ0) is 19.3. The summed E-state index contributed by atoms with van der Waals surface area (Å²) in [5, 5.41) is 15.1. The van der Waals surface area contributed by atoms with Crippen LogP contribution in [0, 0.1) is 0 Å². The smallest absolute Gasteiger partial charge is 0.250 e. The highest BCUT2D eigenvalue weighted by Crippen LogP contribution is 2.34. The highest BCUT2D eigenvalue weighted by atomic mass is 35.5. The molecule has 26 heavy (non-hydrogen) atoms. The number of carbonyl (C=O) groups excluding carboxylic acids is 1. The Bertz CT molecular complexity index is 826. The van der Waals surface area contributed by atoms with Crippen LogP contribution in [0.2, 0.25) is 10.0 Å². The lowest BCUT2D eigenvalue weighted by molar-refractivity contribution is -0.115. The van der Waals surface area contributed by atoms with Crippen LogP contribution < -0.4 is 10.6 Å².